The van der Waals surface area contributed by atoms with Gasteiger partial charge in [0.1, 0.15) is 5.75 Å². The number of aliphatic imine (C=N–C) groups is 1. The van der Waals surface area contributed by atoms with Gasteiger partial charge in [-0.3, -0.25) is 4.99 Å². The van der Waals surface area contributed by atoms with E-state index in [1.165, 1.54) is 30.4 Å². The Morgan fingerprint density at radius 2 is 1.90 bits per heavy atom. The molecule has 1 fully saturated rings. The number of benzene rings is 2. The van der Waals surface area contributed by atoms with Crippen molar-refractivity contribution in [1.82, 2.24) is 0 Å². The molecule has 0 aliphatic heterocycles. The first-order chi connectivity index (χ1) is 15.1. The van der Waals surface area contributed by atoms with Crippen molar-refractivity contribution in [2.45, 2.75) is 51.5 Å². The molecule has 0 aromatic heterocycles. The molecule has 2 aromatic rings. The van der Waals surface area contributed by atoms with Crippen molar-refractivity contribution in [2.24, 2.45) is 16.8 Å². The second-order valence-corrected chi connectivity index (χ2v) is 9.38. The van der Waals surface area contributed by atoms with Gasteiger partial charge in [-0.15, -0.1) is 0 Å². The first-order valence-electron chi connectivity index (χ1n) is 11.6. The van der Waals surface area contributed by atoms with Crippen molar-refractivity contribution in [2.75, 3.05) is 0 Å². The van der Waals surface area contributed by atoms with Crippen LogP contribution >= 0.6 is 0 Å². The lowest BCUT2D eigenvalue weighted by atomic mass is 9.71. The Hall–Kier alpha value is -2.87. The van der Waals surface area contributed by atoms with E-state index < -0.39 is 0 Å². The second kappa shape index (κ2) is 8.34. The summed E-state index contributed by atoms with van der Waals surface area (Å²) in [5.41, 5.74) is 4.45. The van der Waals surface area contributed by atoms with Gasteiger partial charge in [-0.25, -0.2) is 0 Å². The molecular formula is C29H31NO. The zero-order valence-electron chi connectivity index (χ0n) is 18.5. The standard InChI is InChI=1S/C29H31NO/c1-19-9-3-8-14-26(19)30-18-23-17-22-11-5-7-13-25(22)28(29(23)31)27-20(2)15-16-21-10-4-6-12-24(21)27/h4-7,10-13,15-19,24,26-27,31H,3,8-9,14H2,1-2H3/t19?,24?,26-,27?/m1/s1. The molecule has 2 aromatic carbocycles. The Morgan fingerprint density at radius 1 is 1.06 bits per heavy atom. The molecule has 3 aliphatic carbocycles. The van der Waals surface area contributed by atoms with Crippen LogP contribution < -0.4 is 0 Å². The van der Waals surface area contributed by atoms with Crippen molar-refractivity contribution < 1.29 is 5.11 Å². The molecular weight excluding hydrogens is 378 g/mol. The summed E-state index contributed by atoms with van der Waals surface area (Å²) in [6.45, 7) is 4.49. The first kappa shape index (κ1) is 20.1. The maximum atomic E-state index is 11.6. The molecule has 2 nitrogen and oxygen atoms in total. The highest BCUT2D eigenvalue weighted by atomic mass is 16.3. The zero-order valence-corrected chi connectivity index (χ0v) is 18.5. The molecule has 0 heterocycles. The average Bonchev–Trinajstić information content (AvgIpc) is 2.79. The number of fused-ring (bicyclic) bond motifs is 2. The Balaban J connectivity index is 1.63. The number of hydrogen-bond donors (Lipinski definition) is 1. The second-order valence-electron chi connectivity index (χ2n) is 9.38. The van der Waals surface area contributed by atoms with Crippen molar-refractivity contribution in [1.29, 1.82) is 0 Å². The van der Waals surface area contributed by atoms with Crippen LogP contribution in [0, 0.1) is 11.8 Å². The summed E-state index contributed by atoms with van der Waals surface area (Å²) < 4.78 is 0. The van der Waals surface area contributed by atoms with E-state index in [9.17, 15) is 5.11 Å². The smallest absolute Gasteiger partial charge is 0.128 e. The molecule has 5 rings (SSSR count). The van der Waals surface area contributed by atoms with Crippen molar-refractivity contribution >= 4 is 17.0 Å². The Kier molecular flexibility index (Phi) is 5.40. The van der Waals surface area contributed by atoms with Crippen molar-refractivity contribution in [3.8, 4) is 5.75 Å². The van der Waals surface area contributed by atoms with Crippen LogP contribution in [0.3, 0.4) is 0 Å². The number of aromatic hydroxyl groups is 1. The van der Waals surface area contributed by atoms with Gasteiger partial charge in [-0.05, 0) is 48.1 Å². The zero-order chi connectivity index (χ0) is 21.4. The lowest BCUT2D eigenvalue weighted by Gasteiger charge is -2.33. The summed E-state index contributed by atoms with van der Waals surface area (Å²) in [5.74, 6) is 1.36. The first-order valence-corrected chi connectivity index (χ1v) is 11.6. The minimum Gasteiger partial charge on any atom is -0.507 e. The fraction of sp³-hybridized carbons (Fsp3) is 0.345. The van der Waals surface area contributed by atoms with Crippen LogP contribution in [0.1, 0.15) is 56.6 Å². The number of nitrogens with zero attached hydrogens (tertiary/aromatic N) is 1. The number of phenols is 1. The molecule has 3 aliphatic rings. The third kappa shape index (κ3) is 3.69. The lowest BCUT2D eigenvalue weighted by molar-refractivity contribution is 0.333. The molecule has 0 amide bonds. The average molecular weight is 410 g/mol. The van der Waals surface area contributed by atoms with E-state index in [-0.39, 0.29) is 11.8 Å². The third-order valence-corrected chi connectivity index (χ3v) is 7.36. The molecule has 31 heavy (non-hydrogen) atoms. The summed E-state index contributed by atoms with van der Waals surface area (Å²) in [6, 6.07) is 10.9. The van der Waals surface area contributed by atoms with Crippen LogP contribution in [0.15, 0.2) is 82.9 Å². The molecule has 0 spiro atoms. The van der Waals surface area contributed by atoms with Gasteiger partial charge in [-0.2, -0.15) is 0 Å². The predicted molar refractivity (Wildman–Crippen MR) is 131 cm³/mol. The summed E-state index contributed by atoms with van der Waals surface area (Å²) >= 11 is 0. The maximum absolute atomic E-state index is 11.6. The largest absolute Gasteiger partial charge is 0.507 e. The summed E-state index contributed by atoms with van der Waals surface area (Å²) in [5, 5.41) is 13.9. The van der Waals surface area contributed by atoms with Gasteiger partial charge in [0.15, 0.2) is 0 Å². The van der Waals surface area contributed by atoms with Crippen molar-refractivity contribution in [3.05, 3.63) is 89.1 Å². The quantitative estimate of drug-likeness (QED) is 0.532. The van der Waals surface area contributed by atoms with Gasteiger partial charge in [0.2, 0.25) is 0 Å². The molecule has 1 N–H and O–H groups in total. The Morgan fingerprint density at radius 3 is 2.77 bits per heavy atom. The van der Waals surface area contributed by atoms with E-state index in [4.69, 9.17) is 4.99 Å². The van der Waals surface area contributed by atoms with E-state index >= 15 is 0 Å². The predicted octanol–water partition coefficient (Wildman–Crippen LogP) is 7.26. The topological polar surface area (TPSA) is 32.6 Å². The highest BCUT2D eigenvalue weighted by Gasteiger charge is 2.32. The summed E-state index contributed by atoms with van der Waals surface area (Å²) in [4.78, 5) is 4.95. The van der Waals surface area contributed by atoms with Gasteiger partial charge in [0.25, 0.3) is 0 Å². The molecule has 0 radical (unpaired) electrons. The van der Waals surface area contributed by atoms with Gasteiger partial charge < -0.3 is 5.11 Å². The third-order valence-electron chi connectivity index (χ3n) is 7.36. The van der Waals surface area contributed by atoms with Crippen LogP contribution in [0.4, 0.5) is 0 Å². The number of phenolic OH excluding ortho intramolecular Hbond substituents is 1. The molecule has 0 saturated heterocycles. The van der Waals surface area contributed by atoms with E-state index in [1.54, 1.807) is 0 Å². The number of hydrogen-bond acceptors (Lipinski definition) is 2. The van der Waals surface area contributed by atoms with Crippen LogP contribution in [-0.4, -0.2) is 17.4 Å². The normalized spacial score (nSPS) is 27.9. The SMILES string of the molecule is CC1=CC=C2C=CC=CC2C1c1c(O)c(C=N[C@@H]2CCCCC2C)cc2ccccc12. The monoisotopic (exact) mass is 409 g/mol. The van der Waals surface area contributed by atoms with Crippen LogP contribution in [-0.2, 0) is 0 Å². The van der Waals surface area contributed by atoms with Gasteiger partial charge in [0, 0.05) is 29.2 Å². The van der Waals surface area contributed by atoms with Crippen molar-refractivity contribution in [3.63, 3.8) is 0 Å². The molecule has 158 valence electrons. The van der Waals surface area contributed by atoms with Gasteiger partial charge in [-0.1, -0.05) is 86.1 Å². The van der Waals surface area contributed by atoms with E-state index in [0.717, 1.165) is 28.3 Å². The Bertz CT molecular complexity index is 1150. The number of allylic oxidation sites excluding steroid dienone is 8. The van der Waals surface area contributed by atoms with E-state index in [0.29, 0.717) is 17.7 Å². The summed E-state index contributed by atoms with van der Waals surface area (Å²) in [7, 11) is 0. The highest BCUT2D eigenvalue weighted by Crippen LogP contribution is 2.48. The van der Waals surface area contributed by atoms with Crippen LogP contribution in [0.25, 0.3) is 10.8 Å². The maximum Gasteiger partial charge on any atom is 0.128 e. The molecule has 2 heteroatoms. The summed E-state index contributed by atoms with van der Waals surface area (Å²) in [6.07, 6.45) is 20.0. The molecule has 0 bridgehead atoms. The van der Waals surface area contributed by atoms with E-state index in [2.05, 4.69) is 80.6 Å². The fourth-order valence-corrected chi connectivity index (χ4v) is 5.56. The lowest BCUT2D eigenvalue weighted by Crippen LogP contribution is -2.20. The van der Waals surface area contributed by atoms with Gasteiger partial charge in [0.05, 0.1) is 6.04 Å². The van der Waals surface area contributed by atoms with E-state index in [1.807, 2.05) is 6.21 Å². The molecule has 4 atom stereocenters. The molecule has 1 saturated carbocycles. The molecule has 3 unspecified atom stereocenters. The van der Waals surface area contributed by atoms with Gasteiger partial charge >= 0.3 is 0 Å². The minimum absolute atomic E-state index is 0.119. The number of rotatable bonds is 3. The Labute approximate surface area is 185 Å². The fourth-order valence-electron chi connectivity index (χ4n) is 5.56. The minimum atomic E-state index is 0.119. The highest BCUT2D eigenvalue weighted by molar-refractivity contribution is 5.97. The van der Waals surface area contributed by atoms with Crippen LogP contribution in [0.2, 0.25) is 0 Å². The van der Waals surface area contributed by atoms with Crippen LogP contribution in [0.5, 0.6) is 5.75 Å².